The quantitative estimate of drug-likeness (QED) is 0.857. The average Bonchev–Trinajstić information content (AvgIpc) is 2.44. The highest BCUT2D eigenvalue weighted by molar-refractivity contribution is 9.10. The maximum absolute atomic E-state index is 12.5. The van der Waals surface area contributed by atoms with Crippen molar-refractivity contribution in [1.82, 2.24) is 4.90 Å². The van der Waals surface area contributed by atoms with Crippen LogP contribution in [0.2, 0.25) is 5.02 Å². The van der Waals surface area contributed by atoms with Crippen molar-refractivity contribution in [2.45, 2.75) is 13.0 Å². The summed E-state index contributed by atoms with van der Waals surface area (Å²) in [6.07, 6.45) is 0. The van der Waals surface area contributed by atoms with E-state index in [9.17, 15) is 9.90 Å². The summed E-state index contributed by atoms with van der Waals surface area (Å²) in [5.41, 5.74) is 1.48. The topological polar surface area (TPSA) is 40.5 Å². The molecule has 0 radical (unpaired) electrons. The third-order valence-corrected chi connectivity index (χ3v) is 4.06. The Balaban J connectivity index is 2.23. The normalized spacial score (nSPS) is 12.0. The smallest absolute Gasteiger partial charge is 0.254 e. The Morgan fingerprint density at radius 2 is 1.86 bits per heavy atom. The number of carbonyl (C=O) groups excluding carboxylic acids is 1. The van der Waals surface area contributed by atoms with Crippen molar-refractivity contribution in [2.75, 3.05) is 7.05 Å². The number of amides is 1. The van der Waals surface area contributed by atoms with Crippen molar-refractivity contribution in [2.24, 2.45) is 0 Å². The third-order valence-electron chi connectivity index (χ3n) is 3.39. The van der Waals surface area contributed by atoms with Crippen LogP contribution in [0.5, 0.6) is 5.75 Å². The molecule has 110 valence electrons. The molecule has 0 saturated carbocycles. The Kier molecular flexibility index (Phi) is 4.91. The zero-order valence-electron chi connectivity index (χ0n) is 11.7. The summed E-state index contributed by atoms with van der Waals surface area (Å²) in [6.45, 7) is 1.93. The average molecular weight is 369 g/mol. The summed E-state index contributed by atoms with van der Waals surface area (Å²) in [5.74, 6) is 0.0949. The predicted octanol–water partition coefficient (Wildman–Crippen LogP) is 4.64. The van der Waals surface area contributed by atoms with Gasteiger partial charge in [-0.1, -0.05) is 39.7 Å². The van der Waals surface area contributed by atoms with Crippen LogP contribution in [0.25, 0.3) is 0 Å². The lowest BCUT2D eigenvalue weighted by Crippen LogP contribution is -2.29. The number of aromatic hydroxyl groups is 1. The van der Waals surface area contributed by atoms with Crippen LogP contribution in [0.4, 0.5) is 0 Å². The second-order valence-electron chi connectivity index (χ2n) is 4.84. The number of hydrogen-bond donors (Lipinski definition) is 1. The Morgan fingerprint density at radius 3 is 2.43 bits per heavy atom. The molecule has 1 unspecified atom stereocenters. The number of nitrogens with zero attached hydrogens (tertiary/aromatic N) is 1. The Bertz CT molecular complexity index is 638. The SMILES string of the molecule is CC(c1ccc(O)cc1)N(C)C(=O)c1cc(Cl)cc(Br)c1. The van der Waals surface area contributed by atoms with Crippen LogP contribution in [0.3, 0.4) is 0 Å². The van der Waals surface area contributed by atoms with Gasteiger partial charge < -0.3 is 10.0 Å². The maximum atomic E-state index is 12.5. The molecule has 0 heterocycles. The first-order chi connectivity index (χ1) is 9.88. The van der Waals surface area contributed by atoms with Crippen LogP contribution in [0.15, 0.2) is 46.9 Å². The highest BCUT2D eigenvalue weighted by Crippen LogP contribution is 2.25. The summed E-state index contributed by atoms with van der Waals surface area (Å²) in [4.78, 5) is 14.2. The van der Waals surface area contributed by atoms with Crippen LogP contribution in [0, 0.1) is 0 Å². The molecule has 3 nitrogen and oxygen atoms in total. The number of halogens is 2. The molecule has 5 heteroatoms. The van der Waals surface area contributed by atoms with Gasteiger partial charge in [0.2, 0.25) is 0 Å². The van der Waals surface area contributed by atoms with Crippen LogP contribution >= 0.6 is 27.5 Å². The zero-order valence-corrected chi connectivity index (χ0v) is 14.0. The van der Waals surface area contributed by atoms with Crippen molar-refractivity contribution in [3.05, 3.63) is 63.1 Å². The van der Waals surface area contributed by atoms with E-state index in [0.717, 1.165) is 10.0 Å². The Morgan fingerprint density at radius 1 is 1.24 bits per heavy atom. The predicted molar refractivity (Wildman–Crippen MR) is 87.8 cm³/mol. The lowest BCUT2D eigenvalue weighted by atomic mass is 10.1. The fraction of sp³-hybridized carbons (Fsp3) is 0.188. The zero-order chi connectivity index (χ0) is 15.6. The highest BCUT2D eigenvalue weighted by Gasteiger charge is 2.19. The molecule has 0 aromatic heterocycles. The summed E-state index contributed by atoms with van der Waals surface area (Å²) in [6, 6.07) is 11.8. The summed E-state index contributed by atoms with van der Waals surface area (Å²) in [7, 11) is 1.74. The van der Waals surface area contributed by atoms with E-state index in [-0.39, 0.29) is 17.7 Å². The summed E-state index contributed by atoms with van der Waals surface area (Å²) >= 11 is 9.32. The molecule has 21 heavy (non-hydrogen) atoms. The minimum absolute atomic E-state index is 0.112. The standard InChI is InChI=1S/C16H15BrClNO2/c1-10(11-3-5-15(20)6-4-11)19(2)16(21)12-7-13(17)9-14(18)8-12/h3-10,20H,1-2H3. The lowest BCUT2D eigenvalue weighted by Gasteiger charge is -2.25. The van der Waals surface area contributed by atoms with Gasteiger partial charge in [-0.15, -0.1) is 0 Å². The monoisotopic (exact) mass is 367 g/mol. The number of carbonyl (C=O) groups is 1. The molecule has 0 aliphatic carbocycles. The fourth-order valence-electron chi connectivity index (χ4n) is 2.03. The van der Waals surface area contributed by atoms with E-state index < -0.39 is 0 Å². The number of hydrogen-bond acceptors (Lipinski definition) is 2. The molecule has 1 N–H and O–H groups in total. The molecule has 0 fully saturated rings. The molecule has 0 aliphatic heterocycles. The minimum Gasteiger partial charge on any atom is -0.508 e. The summed E-state index contributed by atoms with van der Waals surface area (Å²) in [5, 5.41) is 9.84. The van der Waals surface area contributed by atoms with Gasteiger partial charge in [0.1, 0.15) is 5.75 Å². The second-order valence-corrected chi connectivity index (χ2v) is 6.19. The number of rotatable bonds is 3. The van der Waals surface area contributed by atoms with Crippen molar-refractivity contribution in [3.8, 4) is 5.75 Å². The van der Waals surface area contributed by atoms with Crippen LogP contribution in [-0.2, 0) is 0 Å². The van der Waals surface area contributed by atoms with Crippen molar-refractivity contribution < 1.29 is 9.90 Å². The van der Waals surface area contributed by atoms with Gasteiger partial charge in [-0.3, -0.25) is 4.79 Å². The van der Waals surface area contributed by atoms with Gasteiger partial charge in [-0.05, 0) is 42.8 Å². The van der Waals surface area contributed by atoms with Gasteiger partial charge in [0, 0.05) is 22.1 Å². The van der Waals surface area contributed by atoms with E-state index in [1.807, 2.05) is 6.92 Å². The van der Waals surface area contributed by atoms with Crippen LogP contribution in [0.1, 0.15) is 28.9 Å². The Labute approximate surface area is 137 Å². The molecule has 2 aromatic carbocycles. The van der Waals surface area contributed by atoms with E-state index in [0.29, 0.717) is 10.6 Å². The third kappa shape index (κ3) is 3.77. The van der Waals surface area contributed by atoms with Crippen molar-refractivity contribution >= 4 is 33.4 Å². The van der Waals surface area contributed by atoms with Gasteiger partial charge in [0.15, 0.2) is 0 Å². The fourth-order valence-corrected chi connectivity index (χ4v) is 2.89. The van der Waals surface area contributed by atoms with Crippen molar-refractivity contribution in [1.29, 1.82) is 0 Å². The minimum atomic E-state index is -0.115. The molecular weight excluding hydrogens is 354 g/mol. The molecule has 1 atom stereocenters. The van der Waals surface area contributed by atoms with Gasteiger partial charge >= 0.3 is 0 Å². The molecular formula is C16H15BrClNO2. The highest BCUT2D eigenvalue weighted by atomic mass is 79.9. The van der Waals surface area contributed by atoms with Gasteiger partial charge in [0.05, 0.1) is 6.04 Å². The first-order valence-electron chi connectivity index (χ1n) is 6.40. The van der Waals surface area contributed by atoms with Crippen molar-refractivity contribution in [3.63, 3.8) is 0 Å². The Hall–Kier alpha value is -1.52. The van der Waals surface area contributed by atoms with Crippen LogP contribution in [-0.4, -0.2) is 23.0 Å². The van der Waals surface area contributed by atoms with E-state index >= 15 is 0 Å². The van der Waals surface area contributed by atoms with Gasteiger partial charge in [-0.2, -0.15) is 0 Å². The first kappa shape index (κ1) is 15.9. The molecule has 0 bridgehead atoms. The number of phenolic OH excluding ortho intramolecular Hbond substituents is 1. The molecule has 1 amide bonds. The first-order valence-corrected chi connectivity index (χ1v) is 7.58. The molecule has 0 aliphatic rings. The molecule has 0 saturated heterocycles. The second kappa shape index (κ2) is 6.50. The van der Waals surface area contributed by atoms with E-state index in [2.05, 4.69) is 15.9 Å². The lowest BCUT2D eigenvalue weighted by molar-refractivity contribution is 0.0742. The van der Waals surface area contributed by atoms with E-state index in [1.165, 1.54) is 0 Å². The van der Waals surface area contributed by atoms with Crippen LogP contribution < -0.4 is 0 Å². The maximum Gasteiger partial charge on any atom is 0.254 e. The summed E-state index contributed by atoms with van der Waals surface area (Å²) < 4.78 is 0.768. The van der Waals surface area contributed by atoms with Gasteiger partial charge in [-0.25, -0.2) is 0 Å². The van der Waals surface area contributed by atoms with E-state index in [1.54, 1.807) is 54.4 Å². The number of benzene rings is 2. The largest absolute Gasteiger partial charge is 0.508 e. The molecule has 2 rings (SSSR count). The van der Waals surface area contributed by atoms with E-state index in [4.69, 9.17) is 11.6 Å². The van der Waals surface area contributed by atoms with Gasteiger partial charge in [0.25, 0.3) is 5.91 Å². The molecule has 2 aromatic rings. The molecule has 0 spiro atoms. The number of phenols is 1.